The largest absolute Gasteiger partial charge is 0.321 e. The Labute approximate surface area is 129 Å². The number of hydrogen-bond donors (Lipinski definition) is 2. The molecule has 2 N–H and O–H groups in total. The maximum Gasteiger partial charge on any atom is 0.321 e. The summed E-state index contributed by atoms with van der Waals surface area (Å²) in [5, 5.41) is 0.544. The summed E-state index contributed by atoms with van der Waals surface area (Å²) in [6.45, 7) is 3.66. The first-order chi connectivity index (χ1) is 10.00. The molecule has 21 heavy (non-hydrogen) atoms. The molecule has 110 valence electrons. The van der Waals surface area contributed by atoms with E-state index in [1.165, 1.54) is 0 Å². The van der Waals surface area contributed by atoms with Gasteiger partial charge in [-0.15, -0.1) is 6.58 Å². The third kappa shape index (κ3) is 4.51. The van der Waals surface area contributed by atoms with Crippen LogP contribution in [0.4, 0.5) is 11.4 Å². The lowest BCUT2D eigenvalue weighted by molar-refractivity contribution is 0.606. The fourth-order valence-corrected chi connectivity index (χ4v) is 2.91. The van der Waals surface area contributed by atoms with Crippen molar-refractivity contribution in [1.29, 1.82) is 0 Å². The first kappa shape index (κ1) is 15.4. The lowest BCUT2D eigenvalue weighted by atomic mass is 10.1. The van der Waals surface area contributed by atoms with Gasteiger partial charge in [-0.1, -0.05) is 35.9 Å². The smallest absolute Gasteiger partial charge is 0.267 e. The van der Waals surface area contributed by atoms with Gasteiger partial charge in [-0.2, -0.15) is 8.42 Å². The second-order valence-corrected chi connectivity index (χ2v) is 6.22. The van der Waals surface area contributed by atoms with Gasteiger partial charge in [0, 0.05) is 5.02 Å². The lowest BCUT2D eigenvalue weighted by Gasteiger charge is -2.13. The van der Waals surface area contributed by atoms with E-state index in [4.69, 9.17) is 11.6 Å². The molecule has 0 amide bonds. The Morgan fingerprint density at radius 1 is 1.05 bits per heavy atom. The van der Waals surface area contributed by atoms with Crippen LogP contribution >= 0.6 is 11.6 Å². The molecule has 0 aliphatic rings. The van der Waals surface area contributed by atoms with Crippen LogP contribution in [0.1, 0.15) is 5.56 Å². The molecule has 0 unspecified atom stereocenters. The summed E-state index contributed by atoms with van der Waals surface area (Å²) >= 11 is 5.77. The highest BCUT2D eigenvalue weighted by Crippen LogP contribution is 2.19. The molecular weight excluding hydrogens is 308 g/mol. The predicted molar refractivity (Wildman–Crippen MR) is 88.0 cm³/mol. The van der Waals surface area contributed by atoms with E-state index in [0.29, 0.717) is 22.8 Å². The van der Waals surface area contributed by atoms with E-state index in [9.17, 15) is 8.42 Å². The zero-order chi connectivity index (χ0) is 15.3. The van der Waals surface area contributed by atoms with E-state index in [1.54, 1.807) is 42.5 Å². The van der Waals surface area contributed by atoms with Crippen molar-refractivity contribution in [2.45, 2.75) is 6.42 Å². The highest BCUT2D eigenvalue weighted by Gasteiger charge is 2.12. The van der Waals surface area contributed by atoms with Gasteiger partial charge in [-0.25, -0.2) is 0 Å². The van der Waals surface area contributed by atoms with Gasteiger partial charge in [0.1, 0.15) is 0 Å². The molecule has 0 saturated carbocycles. The minimum absolute atomic E-state index is 0.438. The molecular formula is C15H15ClN2O2S. The average Bonchev–Trinajstić information content (AvgIpc) is 2.43. The van der Waals surface area contributed by atoms with Crippen molar-refractivity contribution in [3.05, 3.63) is 71.8 Å². The molecule has 0 atom stereocenters. The summed E-state index contributed by atoms with van der Waals surface area (Å²) in [5.41, 5.74) is 1.82. The number of rotatable bonds is 6. The first-order valence-electron chi connectivity index (χ1n) is 6.25. The Morgan fingerprint density at radius 2 is 1.71 bits per heavy atom. The van der Waals surface area contributed by atoms with Crippen LogP contribution < -0.4 is 9.44 Å². The molecule has 0 spiro atoms. The first-order valence-corrected chi connectivity index (χ1v) is 8.11. The van der Waals surface area contributed by atoms with Gasteiger partial charge in [0.15, 0.2) is 0 Å². The van der Waals surface area contributed by atoms with Gasteiger partial charge < -0.3 is 0 Å². The van der Waals surface area contributed by atoms with Crippen LogP contribution in [-0.2, 0) is 16.6 Å². The van der Waals surface area contributed by atoms with Crippen molar-refractivity contribution in [3.63, 3.8) is 0 Å². The molecule has 0 saturated heterocycles. The number of benzene rings is 2. The van der Waals surface area contributed by atoms with Gasteiger partial charge >= 0.3 is 10.2 Å². The van der Waals surface area contributed by atoms with Gasteiger partial charge in [0.2, 0.25) is 0 Å². The zero-order valence-corrected chi connectivity index (χ0v) is 12.8. The van der Waals surface area contributed by atoms with Crippen molar-refractivity contribution in [3.8, 4) is 0 Å². The summed E-state index contributed by atoms with van der Waals surface area (Å²) in [6, 6.07) is 13.6. The van der Waals surface area contributed by atoms with Crippen LogP contribution in [0.5, 0.6) is 0 Å². The minimum Gasteiger partial charge on any atom is -0.267 e. The van der Waals surface area contributed by atoms with E-state index in [0.717, 1.165) is 5.56 Å². The monoisotopic (exact) mass is 322 g/mol. The number of para-hydroxylation sites is 1. The van der Waals surface area contributed by atoms with Gasteiger partial charge in [0.25, 0.3) is 0 Å². The highest BCUT2D eigenvalue weighted by atomic mass is 35.5. The van der Waals surface area contributed by atoms with Crippen LogP contribution in [0, 0.1) is 0 Å². The Hall–Kier alpha value is -1.98. The fourth-order valence-electron chi connectivity index (χ4n) is 1.80. The van der Waals surface area contributed by atoms with E-state index in [-0.39, 0.29) is 0 Å². The summed E-state index contributed by atoms with van der Waals surface area (Å²) in [7, 11) is -3.72. The normalized spacial score (nSPS) is 10.9. The predicted octanol–water partition coefficient (Wildman–Crippen LogP) is 3.84. The van der Waals surface area contributed by atoms with E-state index in [1.807, 2.05) is 12.1 Å². The molecule has 2 aromatic rings. The average molecular weight is 323 g/mol. The van der Waals surface area contributed by atoms with Crippen molar-refractivity contribution < 1.29 is 8.42 Å². The molecule has 0 heterocycles. The van der Waals surface area contributed by atoms with Crippen molar-refractivity contribution >= 4 is 33.2 Å². The maximum atomic E-state index is 12.1. The summed E-state index contributed by atoms with van der Waals surface area (Å²) < 4.78 is 29.2. The van der Waals surface area contributed by atoms with Crippen molar-refractivity contribution in [2.24, 2.45) is 0 Å². The SMILES string of the molecule is C=CCc1ccccc1NS(=O)(=O)Nc1ccc(Cl)cc1. The molecule has 6 heteroatoms. The van der Waals surface area contributed by atoms with Crippen LogP contribution in [0.3, 0.4) is 0 Å². The number of allylic oxidation sites excluding steroid dienone is 1. The standard InChI is InChI=1S/C15H15ClN2O2S/c1-2-5-12-6-3-4-7-15(12)18-21(19,20)17-14-10-8-13(16)9-11-14/h2-4,6-11,17-18H,1,5H2. The Balaban J connectivity index is 2.17. The third-order valence-corrected chi connectivity index (χ3v) is 3.97. The molecule has 4 nitrogen and oxygen atoms in total. The van der Waals surface area contributed by atoms with Crippen LogP contribution in [-0.4, -0.2) is 8.42 Å². The molecule has 0 aromatic heterocycles. The molecule has 0 bridgehead atoms. The Bertz CT molecular complexity index is 728. The Morgan fingerprint density at radius 3 is 2.38 bits per heavy atom. The number of nitrogens with one attached hydrogen (secondary N) is 2. The number of halogens is 1. The van der Waals surface area contributed by atoms with Crippen molar-refractivity contribution in [1.82, 2.24) is 0 Å². The second kappa shape index (κ2) is 6.65. The van der Waals surface area contributed by atoms with Gasteiger partial charge in [-0.05, 0) is 42.3 Å². The second-order valence-electron chi connectivity index (χ2n) is 4.36. The van der Waals surface area contributed by atoms with Crippen LogP contribution in [0.25, 0.3) is 0 Å². The quantitative estimate of drug-likeness (QED) is 0.794. The highest BCUT2D eigenvalue weighted by molar-refractivity contribution is 7.94. The molecule has 0 fully saturated rings. The number of hydrogen-bond acceptors (Lipinski definition) is 2. The topological polar surface area (TPSA) is 58.2 Å². The van der Waals surface area contributed by atoms with Gasteiger partial charge in [-0.3, -0.25) is 9.44 Å². The molecule has 2 aromatic carbocycles. The van der Waals surface area contributed by atoms with E-state index >= 15 is 0 Å². The van der Waals surface area contributed by atoms with Crippen LogP contribution in [0.15, 0.2) is 61.2 Å². The summed E-state index contributed by atoms with van der Waals surface area (Å²) in [6.07, 6.45) is 2.30. The van der Waals surface area contributed by atoms with Crippen LogP contribution in [0.2, 0.25) is 5.02 Å². The molecule has 0 aliphatic heterocycles. The zero-order valence-electron chi connectivity index (χ0n) is 11.2. The van der Waals surface area contributed by atoms with Crippen molar-refractivity contribution in [2.75, 3.05) is 9.44 Å². The fraction of sp³-hybridized carbons (Fsp3) is 0.0667. The Kier molecular flexibility index (Phi) is 4.88. The third-order valence-electron chi connectivity index (χ3n) is 2.72. The lowest BCUT2D eigenvalue weighted by Crippen LogP contribution is -2.22. The van der Waals surface area contributed by atoms with Gasteiger partial charge in [0.05, 0.1) is 11.4 Å². The molecule has 0 radical (unpaired) electrons. The summed E-state index contributed by atoms with van der Waals surface area (Å²) in [4.78, 5) is 0. The molecule has 0 aliphatic carbocycles. The van der Waals surface area contributed by atoms with E-state index < -0.39 is 10.2 Å². The maximum absolute atomic E-state index is 12.1. The summed E-state index contributed by atoms with van der Waals surface area (Å²) in [5.74, 6) is 0. The van der Waals surface area contributed by atoms with E-state index in [2.05, 4.69) is 16.0 Å². The number of anilines is 2. The minimum atomic E-state index is -3.72. The molecule has 2 rings (SSSR count).